The van der Waals surface area contributed by atoms with Crippen molar-refractivity contribution in [3.05, 3.63) is 50.1 Å². The zero-order valence-electron chi connectivity index (χ0n) is 23.8. The number of rotatable bonds is 13. The predicted octanol–water partition coefficient (Wildman–Crippen LogP) is 1.83. The molecule has 0 spiro atoms. The lowest BCUT2D eigenvalue weighted by Gasteiger charge is -2.29. The zero-order chi connectivity index (χ0) is 31.1. The van der Waals surface area contributed by atoms with Crippen molar-refractivity contribution < 1.29 is 27.1 Å². The molecule has 0 aliphatic carbocycles. The molecule has 0 radical (unpaired) electrons. The molecule has 0 unspecified atom stereocenters. The number of piperidine rings is 1. The van der Waals surface area contributed by atoms with Gasteiger partial charge in [-0.3, -0.25) is 15.0 Å². The Morgan fingerprint density at radius 1 is 1.35 bits per heavy atom. The first-order chi connectivity index (χ1) is 20.4. The standard InChI is InChI=1S/C27H37BrFN7O5S2/c1-43(39,40)35-22(5-2-16-6-8-32-9-7-16)27(38)36-14-19(41-15-17-3-4-18(28)10-21(17)29)11-23(36)25(37)33-12-20-13-34-26(42-20)24(30)31/h3-4,10,13,16,19,22-23,32,35H,2,5-9,11-12,14-15H2,1H3,(H3,30,31)(H,33,37)/t19-,22-,23-/m1/s1. The highest BCUT2D eigenvalue weighted by Gasteiger charge is 2.42. The summed E-state index contributed by atoms with van der Waals surface area (Å²) in [7, 11) is -3.73. The van der Waals surface area contributed by atoms with Crippen LogP contribution in [0.3, 0.4) is 0 Å². The highest BCUT2D eigenvalue weighted by Crippen LogP contribution is 2.26. The molecule has 2 saturated heterocycles. The van der Waals surface area contributed by atoms with Crippen molar-refractivity contribution in [3.8, 4) is 0 Å². The Hall–Kier alpha value is -2.50. The lowest BCUT2D eigenvalue weighted by atomic mass is 9.91. The van der Waals surface area contributed by atoms with Crippen LogP contribution in [0.5, 0.6) is 0 Å². The van der Waals surface area contributed by atoms with Crippen LogP contribution in [0.25, 0.3) is 0 Å². The molecular formula is C27H37BrFN7O5S2. The van der Waals surface area contributed by atoms with Gasteiger partial charge in [0.2, 0.25) is 21.8 Å². The van der Waals surface area contributed by atoms with Crippen molar-refractivity contribution in [2.75, 3.05) is 25.9 Å². The number of nitrogens with two attached hydrogens (primary N) is 1. The van der Waals surface area contributed by atoms with E-state index in [2.05, 4.69) is 36.3 Å². The number of likely N-dealkylation sites (tertiary alicyclic amines) is 1. The van der Waals surface area contributed by atoms with Crippen molar-refractivity contribution >= 4 is 54.9 Å². The summed E-state index contributed by atoms with van der Waals surface area (Å²) in [6.07, 6.45) is 4.94. The van der Waals surface area contributed by atoms with Crippen molar-refractivity contribution in [2.24, 2.45) is 11.7 Å². The zero-order valence-corrected chi connectivity index (χ0v) is 27.0. The van der Waals surface area contributed by atoms with E-state index < -0.39 is 45.8 Å². The molecule has 6 N–H and O–H groups in total. The van der Waals surface area contributed by atoms with Gasteiger partial charge >= 0.3 is 0 Å². The smallest absolute Gasteiger partial charge is 0.243 e. The van der Waals surface area contributed by atoms with Crippen LogP contribution in [-0.4, -0.2) is 80.0 Å². The first kappa shape index (κ1) is 33.4. The van der Waals surface area contributed by atoms with Crippen LogP contribution in [0.4, 0.5) is 4.39 Å². The van der Waals surface area contributed by atoms with Crippen molar-refractivity contribution in [2.45, 2.75) is 63.4 Å². The second kappa shape index (κ2) is 15.0. The van der Waals surface area contributed by atoms with Gasteiger partial charge in [0.25, 0.3) is 0 Å². The maximum absolute atomic E-state index is 14.4. The molecule has 236 valence electrons. The second-order valence-corrected chi connectivity index (χ2v) is 14.7. The molecule has 16 heteroatoms. The molecule has 3 atom stereocenters. The highest BCUT2D eigenvalue weighted by atomic mass is 79.9. The van der Waals surface area contributed by atoms with Crippen LogP contribution in [0, 0.1) is 17.1 Å². The second-order valence-electron chi connectivity index (χ2n) is 10.9. The van der Waals surface area contributed by atoms with Crippen LogP contribution in [0.1, 0.15) is 47.6 Å². The van der Waals surface area contributed by atoms with Gasteiger partial charge in [0.05, 0.1) is 25.5 Å². The summed E-state index contributed by atoms with van der Waals surface area (Å²) in [6.45, 7) is 1.85. The Morgan fingerprint density at radius 2 is 2.09 bits per heavy atom. The maximum Gasteiger partial charge on any atom is 0.243 e. The molecule has 3 heterocycles. The number of hydrogen-bond donors (Lipinski definition) is 5. The number of nitrogens with one attached hydrogen (secondary N) is 4. The fraction of sp³-hybridized carbons (Fsp3) is 0.556. The van der Waals surface area contributed by atoms with Gasteiger partial charge in [0.1, 0.15) is 17.9 Å². The minimum atomic E-state index is -3.73. The topological polar surface area (TPSA) is 180 Å². The van der Waals surface area contributed by atoms with Crippen molar-refractivity contribution in [1.82, 2.24) is 25.2 Å². The molecule has 2 amide bonds. The number of thiazole rings is 1. The van der Waals surface area contributed by atoms with Gasteiger partial charge in [0, 0.05) is 34.1 Å². The highest BCUT2D eigenvalue weighted by molar-refractivity contribution is 9.10. The molecule has 2 aliphatic rings. The van der Waals surface area contributed by atoms with Gasteiger partial charge in [-0.25, -0.2) is 22.5 Å². The normalized spacial score (nSPS) is 20.2. The summed E-state index contributed by atoms with van der Waals surface area (Å²) in [4.78, 5) is 33.5. The van der Waals surface area contributed by atoms with E-state index in [0.29, 0.717) is 38.7 Å². The number of halogens is 2. The van der Waals surface area contributed by atoms with E-state index in [-0.39, 0.29) is 32.0 Å². The Bertz CT molecular complexity index is 1420. The summed E-state index contributed by atoms with van der Waals surface area (Å²) >= 11 is 4.40. The van der Waals surface area contributed by atoms with E-state index in [0.717, 1.165) is 32.2 Å². The molecule has 43 heavy (non-hydrogen) atoms. The monoisotopic (exact) mass is 701 g/mol. The molecule has 1 aromatic heterocycles. The van der Waals surface area contributed by atoms with Gasteiger partial charge in [-0.15, -0.1) is 11.3 Å². The molecule has 2 aromatic rings. The van der Waals surface area contributed by atoms with E-state index in [9.17, 15) is 22.4 Å². The quantitative estimate of drug-likeness (QED) is 0.155. The number of hydrogen-bond acceptors (Lipinski definition) is 9. The number of nitrogens with zero attached hydrogens (tertiary/aromatic N) is 2. The van der Waals surface area contributed by atoms with E-state index in [4.69, 9.17) is 15.9 Å². The summed E-state index contributed by atoms with van der Waals surface area (Å²) in [5, 5.41) is 14.0. The molecular weight excluding hydrogens is 665 g/mol. The summed E-state index contributed by atoms with van der Waals surface area (Å²) in [5.74, 6) is -1.20. The Labute approximate surface area is 263 Å². The van der Waals surface area contributed by atoms with Crippen molar-refractivity contribution in [1.29, 1.82) is 5.41 Å². The Morgan fingerprint density at radius 3 is 2.74 bits per heavy atom. The van der Waals surface area contributed by atoms with E-state index in [1.54, 1.807) is 12.1 Å². The molecule has 0 saturated carbocycles. The molecule has 0 bridgehead atoms. The molecule has 4 rings (SSSR count). The fourth-order valence-corrected chi connectivity index (χ4v) is 7.11. The lowest BCUT2D eigenvalue weighted by Crippen LogP contribution is -2.53. The van der Waals surface area contributed by atoms with Gasteiger partial charge in [-0.2, -0.15) is 0 Å². The summed E-state index contributed by atoms with van der Waals surface area (Å²) in [5.41, 5.74) is 5.82. The van der Waals surface area contributed by atoms with Crippen LogP contribution < -0.4 is 21.1 Å². The fourth-order valence-electron chi connectivity index (χ4n) is 5.33. The summed E-state index contributed by atoms with van der Waals surface area (Å²) < 4.78 is 48.0. The Balaban J connectivity index is 1.49. The van der Waals surface area contributed by atoms with Gasteiger partial charge in [0.15, 0.2) is 10.8 Å². The lowest BCUT2D eigenvalue weighted by molar-refractivity contribution is -0.140. The third kappa shape index (κ3) is 9.74. The van der Waals surface area contributed by atoms with Gasteiger partial charge in [-0.05, 0) is 56.8 Å². The van der Waals surface area contributed by atoms with E-state index >= 15 is 0 Å². The van der Waals surface area contributed by atoms with Gasteiger partial charge in [-0.1, -0.05) is 22.0 Å². The number of nitrogen functional groups attached to an aromatic ring is 1. The Kier molecular flexibility index (Phi) is 11.6. The van der Waals surface area contributed by atoms with Crippen LogP contribution in [0.15, 0.2) is 28.9 Å². The third-order valence-corrected chi connectivity index (χ3v) is 9.77. The minimum Gasteiger partial charge on any atom is -0.382 e. The van der Waals surface area contributed by atoms with Crippen LogP contribution >= 0.6 is 27.3 Å². The molecule has 2 fully saturated rings. The molecule has 1 aromatic carbocycles. The first-order valence-electron chi connectivity index (χ1n) is 14.0. The minimum absolute atomic E-state index is 0.0411. The van der Waals surface area contributed by atoms with Crippen LogP contribution in [-0.2, 0) is 37.5 Å². The number of aromatic nitrogens is 1. The average molecular weight is 703 g/mol. The molecule has 2 aliphatic heterocycles. The third-order valence-electron chi connectivity index (χ3n) is 7.54. The number of amides is 2. The number of benzene rings is 1. The average Bonchev–Trinajstić information content (AvgIpc) is 3.61. The number of sulfonamides is 1. The predicted molar refractivity (Wildman–Crippen MR) is 164 cm³/mol. The molecule has 12 nitrogen and oxygen atoms in total. The number of carbonyl (C=O) groups is 2. The summed E-state index contributed by atoms with van der Waals surface area (Å²) in [6, 6.07) is 2.65. The van der Waals surface area contributed by atoms with E-state index in [1.807, 2.05) is 0 Å². The number of carbonyl (C=O) groups excluding carboxylic acids is 2. The SMILES string of the molecule is CS(=O)(=O)N[C@H](CCC1CCNCC1)C(=O)N1C[C@H](OCc2ccc(Br)cc2F)C[C@@H]1C(=O)NCc1cnc(C(=N)N)s1. The number of amidine groups is 1. The number of ether oxygens (including phenoxy) is 1. The first-order valence-corrected chi connectivity index (χ1v) is 17.5. The van der Waals surface area contributed by atoms with Crippen LogP contribution in [0.2, 0.25) is 0 Å². The van der Waals surface area contributed by atoms with Crippen molar-refractivity contribution in [3.63, 3.8) is 0 Å². The van der Waals surface area contributed by atoms with Gasteiger partial charge < -0.3 is 26.0 Å². The van der Waals surface area contributed by atoms with E-state index in [1.165, 1.54) is 28.5 Å². The maximum atomic E-state index is 14.4. The largest absolute Gasteiger partial charge is 0.382 e.